The second-order valence-electron chi connectivity index (χ2n) is 9.96. The van der Waals surface area contributed by atoms with Crippen molar-refractivity contribution < 1.29 is 9.59 Å². The van der Waals surface area contributed by atoms with Crippen LogP contribution in [0.25, 0.3) is 0 Å². The van der Waals surface area contributed by atoms with Gasteiger partial charge in [0.2, 0.25) is 5.91 Å². The maximum atomic E-state index is 14.0. The average molecular weight is 447 g/mol. The largest absolute Gasteiger partial charge is 0.344 e. The summed E-state index contributed by atoms with van der Waals surface area (Å²) in [6.45, 7) is 5.64. The molecule has 3 aliphatic rings. The number of hydrogen-bond donors (Lipinski definition) is 1. The SMILES string of the molecule is CN1CCCN(C(=O)[C@@H]2CN(Cc3ccccc3)C[C@]23CCc2ccccc2C(=O)N3)CC1. The number of hydrogen-bond acceptors (Lipinski definition) is 4. The number of rotatable bonds is 3. The van der Waals surface area contributed by atoms with Crippen LogP contribution in [-0.4, -0.2) is 78.4 Å². The van der Waals surface area contributed by atoms with E-state index in [1.807, 2.05) is 35.2 Å². The molecular weight excluding hydrogens is 412 g/mol. The van der Waals surface area contributed by atoms with Gasteiger partial charge in [-0.25, -0.2) is 0 Å². The quantitative estimate of drug-likeness (QED) is 0.787. The lowest BCUT2D eigenvalue weighted by molar-refractivity contribution is -0.137. The zero-order valence-electron chi connectivity index (χ0n) is 19.5. The van der Waals surface area contributed by atoms with E-state index in [2.05, 4.69) is 46.4 Å². The lowest BCUT2D eigenvalue weighted by Crippen LogP contribution is -2.58. The first kappa shape index (κ1) is 22.1. The number of likely N-dealkylation sites (tertiary alicyclic amines) is 1. The fourth-order valence-corrected chi connectivity index (χ4v) is 5.82. The van der Waals surface area contributed by atoms with Crippen LogP contribution in [0.4, 0.5) is 0 Å². The van der Waals surface area contributed by atoms with Gasteiger partial charge in [0, 0.05) is 44.8 Å². The van der Waals surface area contributed by atoms with Crippen molar-refractivity contribution in [3.05, 3.63) is 71.3 Å². The molecule has 2 saturated heterocycles. The summed E-state index contributed by atoms with van der Waals surface area (Å²) in [4.78, 5) is 34.0. The Hall–Kier alpha value is -2.70. The predicted molar refractivity (Wildman–Crippen MR) is 129 cm³/mol. The Kier molecular flexibility index (Phi) is 6.21. The molecule has 6 nitrogen and oxygen atoms in total. The molecule has 0 aromatic heterocycles. The van der Waals surface area contributed by atoms with E-state index in [1.165, 1.54) is 5.56 Å². The van der Waals surface area contributed by atoms with Crippen LogP contribution in [0.5, 0.6) is 0 Å². The van der Waals surface area contributed by atoms with Gasteiger partial charge in [0.15, 0.2) is 0 Å². The number of amides is 2. The highest BCUT2D eigenvalue weighted by Crippen LogP contribution is 2.37. The number of nitrogens with zero attached hydrogens (tertiary/aromatic N) is 3. The van der Waals surface area contributed by atoms with Gasteiger partial charge in [-0.3, -0.25) is 14.5 Å². The Morgan fingerprint density at radius 3 is 2.67 bits per heavy atom. The number of benzene rings is 2. The summed E-state index contributed by atoms with van der Waals surface area (Å²) in [6, 6.07) is 18.3. The summed E-state index contributed by atoms with van der Waals surface area (Å²) < 4.78 is 0. The van der Waals surface area contributed by atoms with Gasteiger partial charge in [-0.2, -0.15) is 0 Å². The molecule has 174 valence electrons. The minimum atomic E-state index is -0.541. The maximum absolute atomic E-state index is 14.0. The topological polar surface area (TPSA) is 55.9 Å². The Labute approximate surface area is 196 Å². The second kappa shape index (κ2) is 9.27. The molecule has 0 aliphatic carbocycles. The van der Waals surface area contributed by atoms with Crippen LogP contribution >= 0.6 is 0 Å². The summed E-state index contributed by atoms with van der Waals surface area (Å²) in [6.07, 6.45) is 2.58. The van der Waals surface area contributed by atoms with Gasteiger partial charge in [0.05, 0.1) is 11.5 Å². The second-order valence-corrected chi connectivity index (χ2v) is 9.96. The normalized spacial score (nSPS) is 26.5. The van der Waals surface area contributed by atoms with Crippen LogP contribution in [0, 0.1) is 5.92 Å². The molecule has 3 aliphatic heterocycles. The first-order chi connectivity index (χ1) is 16.0. The van der Waals surface area contributed by atoms with Crippen LogP contribution < -0.4 is 5.32 Å². The summed E-state index contributed by atoms with van der Waals surface area (Å²) in [7, 11) is 2.12. The third kappa shape index (κ3) is 4.55. The third-order valence-corrected chi connectivity index (χ3v) is 7.66. The van der Waals surface area contributed by atoms with Crippen molar-refractivity contribution in [3.8, 4) is 0 Å². The third-order valence-electron chi connectivity index (χ3n) is 7.66. The molecule has 6 heteroatoms. The van der Waals surface area contributed by atoms with Gasteiger partial charge in [-0.05, 0) is 50.0 Å². The van der Waals surface area contributed by atoms with Crippen LogP contribution in [-0.2, 0) is 17.8 Å². The molecule has 33 heavy (non-hydrogen) atoms. The standard InChI is InChI=1S/C27H34N4O2/c1-29-14-7-15-31(17-16-29)26(33)24-19-30(18-21-8-3-2-4-9-21)20-27(24)13-12-22-10-5-6-11-23(22)25(32)28-27/h2-6,8-11,24H,7,12-20H2,1H3,(H,28,32)/t24-,27+/m0/s1. The Morgan fingerprint density at radius 1 is 1.03 bits per heavy atom. The molecule has 3 heterocycles. The number of aryl methyl sites for hydroxylation is 1. The average Bonchev–Trinajstić information content (AvgIpc) is 2.94. The molecule has 1 spiro atoms. The highest BCUT2D eigenvalue weighted by molar-refractivity contribution is 5.97. The summed E-state index contributed by atoms with van der Waals surface area (Å²) >= 11 is 0. The summed E-state index contributed by atoms with van der Waals surface area (Å²) in [5.41, 5.74) is 2.52. The molecular formula is C27H34N4O2. The van der Waals surface area contributed by atoms with E-state index in [4.69, 9.17) is 0 Å². The van der Waals surface area contributed by atoms with Crippen LogP contribution in [0.1, 0.15) is 34.3 Å². The lowest BCUT2D eigenvalue weighted by Gasteiger charge is -2.36. The molecule has 2 atom stereocenters. The first-order valence-electron chi connectivity index (χ1n) is 12.2. The molecule has 2 aromatic carbocycles. The first-order valence-corrected chi connectivity index (χ1v) is 12.2. The molecule has 1 N–H and O–H groups in total. The fraction of sp³-hybridized carbons (Fsp3) is 0.481. The number of nitrogens with one attached hydrogen (secondary N) is 1. The number of carbonyl (C=O) groups excluding carboxylic acids is 2. The summed E-state index contributed by atoms with van der Waals surface area (Å²) in [5, 5.41) is 3.38. The molecule has 0 bridgehead atoms. The van der Waals surface area contributed by atoms with Gasteiger partial charge in [-0.15, -0.1) is 0 Å². The minimum Gasteiger partial charge on any atom is -0.344 e. The van der Waals surface area contributed by atoms with E-state index < -0.39 is 5.54 Å². The monoisotopic (exact) mass is 446 g/mol. The fourth-order valence-electron chi connectivity index (χ4n) is 5.82. The maximum Gasteiger partial charge on any atom is 0.252 e. The molecule has 2 amide bonds. The van der Waals surface area contributed by atoms with Gasteiger partial charge in [-0.1, -0.05) is 48.5 Å². The molecule has 2 aromatic rings. The molecule has 2 fully saturated rings. The van der Waals surface area contributed by atoms with Crippen molar-refractivity contribution in [2.24, 2.45) is 5.92 Å². The Bertz CT molecular complexity index is 1010. The van der Waals surface area contributed by atoms with Crippen molar-refractivity contribution in [1.29, 1.82) is 0 Å². The smallest absolute Gasteiger partial charge is 0.252 e. The van der Waals surface area contributed by atoms with Crippen molar-refractivity contribution in [2.45, 2.75) is 31.3 Å². The molecule has 0 unspecified atom stereocenters. The minimum absolute atomic E-state index is 0.0435. The Balaban J connectivity index is 1.43. The van der Waals surface area contributed by atoms with E-state index in [9.17, 15) is 9.59 Å². The molecule has 0 saturated carbocycles. The van der Waals surface area contributed by atoms with Crippen LogP contribution in [0.2, 0.25) is 0 Å². The van der Waals surface area contributed by atoms with E-state index >= 15 is 0 Å². The van der Waals surface area contributed by atoms with Crippen molar-refractivity contribution in [2.75, 3.05) is 46.3 Å². The van der Waals surface area contributed by atoms with Gasteiger partial charge >= 0.3 is 0 Å². The molecule has 5 rings (SSSR count). The van der Waals surface area contributed by atoms with Gasteiger partial charge in [0.25, 0.3) is 5.91 Å². The zero-order valence-corrected chi connectivity index (χ0v) is 19.5. The van der Waals surface area contributed by atoms with Crippen molar-refractivity contribution in [1.82, 2.24) is 20.0 Å². The number of likely N-dealkylation sites (N-methyl/N-ethyl adjacent to an activating group) is 1. The highest BCUT2D eigenvalue weighted by Gasteiger charge is 2.52. The highest BCUT2D eigenvalue weighted by atomic mass is 16.2. The zero-order chi connectivity index (χ0) is 22.8. The van der Waals surface area contributed by atoms with E-state index in [-0.39, 0.29) is 17.7 Å². The number of fused-ring (bicyclic) bond motifs is 1. The van der Waals surface area contributed by atoms with E-state index in [0.29, 0.717) is 13.1 Å². The van der Waals surface area contributed by atoms with Crippen LogP contribution in [0.3, 0.4) is 0 Å². The summed E-state index contributed by atoms with van der Waals surface area (Å²) in [5.74, 6) is -0.0759. The molecule has 0 radical (unpaired) electrons. The van der Waals surface area contributed by atoms with Crippen molar-refractivity contribution >= 4 is 11.8 Å². The van der Waals surface area contributed by atoms with Gasteiger partial charge < -0.3 is 15.1 Å². The Morgan fingerprint density at radius 2 is 1.82 bits per heavy atom. The van der Waals surface area contributed by atoms with Crippen LogP contribution in [0.15, 0.2) is 54.6 Å². The van der Waals surface area contributed by atoms with Crippen molar-refractivity contribution in [3.63, 3.8) is 0 Å². The van der Waals surface area contributed by atoms with E-state index in [0.717, 1.165) is 63.1 Å². The number of carbonyl (C=O) groups is 2. The predicted octanol–water partition coefficient (Wildman–Crippen LogP) is 2.40. The lowest BCUT2D eigenvalue weighted by atomic mass is 9.81. The van der Waals surface area contributed by atoms with Gasteiger partial charge in [0.1, 0.15) is 0 Å². The van der Waals surface area contributed by atoms with E-state index in [1.54, 1.807) is 0 Å².